The quantitative estimate of drug-likeness (QED) is 0.855. The molecule has 21 heavy (non-hydrogen) atoms. The van der Waals surface area contributed by atoms with E-state index in [1.807, 2.05) is 0 Å². The van der Waals surface area contributed by atoms with Gasteiger partial charge in [-0.3, -0.25) is 4.79 Å². The Kier molecular flexibility index (Phi) is 4.73. The average molecular weight is 345 g/mol. The number of carbonyl (C=O) groups excluding carboxylic acids is 1. The van der Waals surface area contributed by atoms with Crippen LogP contribution in [0.5, 0.6) is 0 Å². The van der Waals surface area contributed by atoms with Crippen molar-refractivity contribution < 1.29 is 14.7 Å². The maximum Gasteiger partial charge on any atom is 0.336 e. The molecule has 0 bridgehead atoms. The first kappa shape index (κ1) is 15.6. The van der Waals surface area contributed by atoms with E-state index >= 15 is 0 Å². The molecule has 1 amide bonds. The minimum atomic E-state index is -1.20. The lowest BCUT2D eigenvalue weighted by Crippen LogP contribution is -2.16. The Hall–Kier alpha value is -1.75. The zero-order valence-electron chi connectivity index (χ0n) is 10.4. The molecule has 0 aliphatic carbocycles. The van der Waals surface area contributed by atoms with E-state index in [1.165, 1.54) is 30.3 Å². The Morgan fingerprint density at radius 1 is 0.952 bits per heavy atom. The van der Waals surface area contributed by atoms with Crippen LogP contribution in [0.15, 0.2) is 36.4 Å². The minimum absolute atomic E-state index is 0.00656. The molecular weight excluding hydrogens is 337 g/mol. The van der Waals surface area contributed by atoms with E-state index in [2.05, 4.69) is 5.32 Å². The van der Waals surface area contributed by atoms with Gasteiger partial charge in [-0.25, -0.2) is 4.79 Å². The molecule has 0 fully saturated rings. The standard InChI is InChI=1S/C14H8Cl3NO3/c15-7-5-10(16)12(11(17)6-7)18-13(19)8-3-1-2-4-9(8)14(20)21/h1-6H,(H,18,19)(H,20,21). The predicted molar refractivity (Wildman–Crippen MR) is 82.8 cm³/mol. The monoisotopic (exact) mass is 343 g/mol. The second kappa shape index (κ2) is 6.35. The first-order valence-electron chi connectivity index (χ1n) is 5.68. The van der Waals surface area contributed by atoms with Gasteiger partial charge in [0, 0.05) is 5.02 Å². The van der Waals surface area contributed by atoms with E-state index in [1.54, 1.807) is 6.07 Å². The van der Waals surface area contributed by atoms with Crippen LogP contribution in [0.3, 0.4) is 0 Å². The van der Waals surface area contributed by atoms with Crippen molar-refractivity contribution in [1.82, 2.24) is 0 Å². The smallest absolute Gasteiger partial charge is 0.336 e. The van der Waals surface area contributed by atoms with Crippen LogP contribution in [-0.2, 0) is 0 Å². The van der Waals surface area contributed by atoms with Crippen molar-refractivity contribution in [3.05, 3.63) is 62.6 Å². The summed E-state index contributed by atoms with van der Waals surface area (Å²) >= 11 is 17.7. The van der Waals surface area contributed by atoms with Crippen LogP contribution in [0.2, 0.25) is 15.1 Å². The van der Waals surface area contributed by atoms with Gasteiger partial charge in [0.2, 0.25) is 0 Å². The number of halogens is 3. The Morgan fingerprint density at radius 2 is 1.48 bits per heavy atom. The Bertz CT molecular complexity index is 708. The fourth-order valence-corrected chi connectivity index (χ4v) is 2.62. The number of anilines is 1. The molecule has 7 heteroatoms. The molecule has 0 saturated carbocycles. The van der Waals surface area contributed by atoms with E-state index in [-0.39, 0.29) is 26.9 Å². The molecule has 2 aromatic carbocycles. The summed E-state index contributed by atoms with van der Waals surface area (Å²) in [5.41, 5.74) is 0.0659. The van der Waals surface area contributed by atoms with Crippen molar-refractivity contribution in [3.8, 4) is 0 Å². The fourth-order valence-electron chi connectivity index (χ4n) is 1.71. The molecule has 2 rings (SSSR count). The van der Waals surface area contributed by atoms with Crippen molar-refractivity contribution in [2.75, 3.05) is 5.32 Å². The van der Waals surface area contributed by atoms with Gasteiger partial charge in [-0.1, -0.05) is 46.9 Å². The summed E-state index contributed by atoms with van der Waals surface area (Å²) in [7, 11) is 0. The summed E-state index contributed by atoms with van der Waals surface area (Å²) in [5, 5.41) is 12.2. The molecule has 0 radical (unpaired) electrons. The number of benzene rings is 2. The SMILES string of the molecule is O=C(O)c1ccccc1C(=O)Nc1c(Cl)cc(Cl)cc1Cl. The summed E-state index contributed by atoms with van der Waals surface area (Å²) < 4.78 is 0. The van der Waals surface area contributed by atoms with Crippen LogP contribution in [0.4, 0.5) is 5.69 Å². The molecule has 0 aliphatic heterocycles. The lowest BCUT2D eigenvalue weighted by Gasteiger charge is -2.11. The van der Waals surface area contributed by atoms with Crippen molar-refractivity contribution in [2.45, 2.75) is 0 Å². The van der Waals surface area contributed by atoms with Crippen LogP contribution in [0.25, 0.3) is 0 Å². The first-order chi connectivity index (χ1) is 9.90. The second-order valence-corrected chi connectivity index (χ2v) is 5.30. The summed E-state index contributed by atoms with van der Waals surface area (Å²) in [6, 6.07) is 8.68. The van der Waals surface area contributed by atoms with E-state index in [0.29, 0.717) is 5.02 Å². The molecule has 0 atom stereocenters. The highest BCUT2D eigenvalue weighted by Crippen LogP contribution is 2.34. The Balaban J connectivity index is 2.38. The van der Waals surface area contributed by atoms with Gasteiger partial charge in [-0.05, 0) is 24.3 Å². The second-order valence-electron chi connectivity index (χ2n) is 4.05. The number of carboxylic acid groups (broad SMARTS) is 1. The van der Waals surface area contributed by atoms with Gasteiger partial charge in [0.25, 0.3) is 5.91 Å². The van der Waals surface area contributed by atoms with Gasteiger partial charge >= 0.3 is 5.97 Å². The predicted octanol–water partition coefficient (Wildman–Crippen LogP) is 4.60. The maximum absolute atomic E-state index is 12.2. The molecule has 108 valence electrons. The topological polar surface area (TPSA) is 66.4 Å². The number of hydrogen-bond acceptors (Lipinski definition) is 2. The molecule has 0 unspecified atom stereocenters. The number of rotatable bonds is 3. The van der Waals surface area contributed by atoms with Gasteiger partial charge in [-0.2, -0.15) is 0 Å². The third-order valence-electron chi connectivity index (χ3n) is 2.65. The van der Waals surface area contributed by atoms with E-state index in [9.17, 15) is 9.59 Å². The normalized spacial score (nSPS) is 10.2. The van der Waals surface area contributed by atoms with E-state index in [0.717, 1.165) is 0 Å². The van der Waals surface area contributed by atoms with E-state index < -0.39 is 11.9 Å². The zero-order valence-corrected chi connectivity index (χ0v) is 12.6. The maximum atomic E-state index is 12.2. The fraction of sp³-hybridized carbons (Fsp3) is 0. The lowest BCUT2D eigenvalue weighted by molar-refractivity contribution is 0.0692. The van der Waals surface area contributed by atoms with Gasteiger partial charge in [0.05, 0.1) is 26.9 Å². The number of hydrogen-bond donors (Lipinski definition) is 2. The molecule has 4 nitrogen and oxygen atoms in total. The van der Waals surface area contributed by atoms with Crippen molar-refractivity contribution in [1.29, 1.82) is 0 Å². The van der Waals surface area contributed by atoms with Gasteiger partial charge in [-0.15, -0.1) is 0 Å². The summed E-state index contributed by atoms with van der Waals surface area (Å²) in [6.45, 7) is 0. The molecule has 0 spiro atoms. The van der Waals surface area contributed by atoms with Crippen molar-refractivity contribution in [3.63, 3.8) is 0 Å². The third kappa shape index (κ3) is 3.47. The molecule has 2 aromatic rings. The summed E-state index contributed by atoms with van der Waals surface area (Å²) in [4.78, 5) is 23.3. The number of amides is 1. The molecule has 2 N–H and O–H groups in total. The minimum Gasteiger partial charge on any atom is -0.478 e. The van der Waals surface area contributed by atoms with Crippen molar-refractivity contribution >= 4 is 52.4 Å². The van der Waals surface area contributed by atoms with Crippen LogP contribution < -0.4 is 5.32 Å². The van der Waals surface area contributed by atoms with E-state index in [4.69, 9.17) is 39.9 Å². The Morgan fingerprint density at radius 3 is 2.00 bits per heavy atom. The highest BCUT2D eigenvalue weighted by molar-refractivity contribution is 6.42. The van der Waals surface area contributed by atoms with Crippen LogP contribution in [0.1, 0.15) is 20.7 Å². The molecule has 0 aromatic heterocycles. The van der Waals surface area contributed by atoms with Gasteiger partial charge < -0.3 is 10.4 Å². The average Bonchev–Trinajstić information content (AvgIpc) is 2.42. The zero-order chi connectivity index (χ0) is 15.6. The molecular formula is C14H8Cl3NO3. The largest absolute Gasteiger partial charge is 0.478 e. The van der Waals surface area contributed by atoms with Crippen molar-refractivity contribution in [2.24, 2.45) is 0 Å². The lowest BCUT2D eigenvalue weighted by atomic mass is 10.1. The van der Waals surface area contributed by atoms with Crippen LogP contribution >= 0.6 is 34.8 Å². The number of carboxylic acids is 1. The number of nitrogens with one attached hydrogen (secondary N) is 1. The molecule has 0 aliphatic rings. The van der Waals surface area contributed by atoms with Crippen LogP contribution in [-0.4, -0.2) is 17.0 Å². The summed E-state index contributed by atoms with van der Waals surface area (Å²) in [6.07, 6.45) is 0. The van der Waals surface area contributed by atoms with Gasteiger partial charge in [0.15, 0.2) is 0 Å². The Labute approximate surface area is 135 Å². The molecule has 0 heterocycles. The highest BCUT2D eigenvalue weighted by atomic mass is 35.5. The number of carbonyl (C=O) groups is 2. The van der Waals surface area contributed by atoms with Gasteiger partial charge in [0.1, 0.15) is 0 Å². The molecule has 0 saturated heterocycles. The summed E-state index contributed by atoms with van der Waals surface area (Å²) in [5.74, 6) is -1.83. The van der Waals surface area contributed by atoms with Crippen LogP contribution in [0, 0.1) is 0 Å². The third-order valence-corrected chi connectivity index (χ3v) is 3.46. The highest BCUT2D eigenvalue weighted by Gasteiger charge is 2.18. The number of aromatic carboxylic acids is 1. The first-order valence-corrected chi connectivity index (χ1v) is 6.81.